The molecule has 0 radical (unpaired) electrons. The maximum Gasteiger partial charge on any atom is 0.416 e. The van der Waals surface area contributed by atoms with Gasteiger partial charge in [-0.2, -0.15) is 13.2 Å². The van der Waals surface area contributed by atoms with E-state index < -0.39 is 39.7 Å². The van der Waals surface area contributed by atoms with E-state index in [4.69, 9.17) is 16.0 Å². The lowest BCUT2D eigenvalue weighted by Crippen LogP contribution is -2.67. The third kappa shape index (κ3) is 5.13. The van der Waals surface area contributed by atoms with E-state index in [1.165, 1.54) is 18.2 Å². The molecule has 3 N–H and O–H groups in total. The molecular weight excluding hydrogens is 681 g/mol. The van der Waals surface area contributed by atoms with Gasteiger partial charge in [0.05, 0.1) is 28.9 Å². The van der Waals surface area contributed by atoms with Crippen LogP contribution in [-0.2, 0) is 6.18 Å². The van der Waals surface area contributed by atoms with Crippen molar-refractivity contribution in [2.24, 2.45) is 33.5 Å². The summed E-state index contributed by atoms with van der Waals surface area (Å²) in [7, 11) is 0. The van der Waals surface area contributed by atoms with E-state index in [0.717, 1.165) is 64.0 Å². The number of ketones is 1. The minimum atomic E-state index is -4.57. The molecular formula is C40H48ClF3N2O5. The lowest BCUT2D eigenvalue weighted by Gasteiger charge is -2.71. The Morgan fingerprint density at radius 1 is 0.961 bits per heavy atom. The Kier molecular flexibility index (Phi) is 8.38. The molecule has 276 valence electrons. The Balaban J connectivity index is 1.18. The molecule has 0 amide bonds. The van der Waals surface area contributed by atoms with E-state index in [-0.39, 0.29) is 51.7 Å². The van der Waals surface area contributed by atoms with Gasteiger partial charge in [0.15, 0.2) is 5.76 Å². The molecule has 6 aliphatic carbocycles. The van der Waals surface area contributed by atoms with Crippen molar-refractivity contribution in [3.05, 3.63) is 70.5 Å². The molecule has 2 aromatic rings. The van der Waals surface area contributed by atoms with Gasteiger partial charge < -0.3 is 19.7 Å². The summed E-state index contributed by atoms with van der Waals surface area (Å²) in [6.07, 6.45) is 6.60. The Bertz CT molecular complexity index is 1780. The number of benzene rings is 1. The first-order valence-electron chi connectivity index (χ1n) is 18.5. The van der Waals surface area contributed by atoms with Gasteiger partial charge in [0.1, 0.15) is 5.76 Å². The Morgan fingerprint density at radius 3 is 2.37 bits per heavy atom. The number of carbonyl (C=O) groups excluding carboxylic acids is 1. The number of carbonyl (C=O) groups is 1. The predicted molar refractivity (Wildman–Crippen MR) is 187 cm³/mol. The van der Waals surface area contributed by atoms with Crippen LogP contribution in [0.25, 0.3) is 11.3 Å². The molecule has 4 fully saturated rings. The minimum Gasteiger partial charge on any atom is -0.453 e. The van der Waals surface area contributed by atoms with Crippen molar-refractivity contribution in [1.29, 1.82) is 0 Å². The predicted octanol–water partition coefficient (Wildman–Crippen LogP) is 7.00. The van der Waals surface area contributed by atoms with Crippen LogP contribution >= 0.6 is 11.6 Å². The van der Waals surface area contributed by atoms with Gasteiger partial charge in [0, 0.05) is 66.7 Å². The van der Waals surface area contributed by atoms with E-state index in [1.807, 2.05) is 0 Å². The van der Waals surface area contributed by atoms with Crippen LogP contribution in [0.15, 0.2) is 58.6 Å². The van der Waals surface area contributed by atoms with Crippen LogP contribution in [0.5, 0.6) is 0 Å². The largest absolute Gasteiger partial charge is 0.453 e. The van der Waals surface area contributed by atoms with E-state index in [9.17, 15) is 33.3 Å². The van der Waals surface area contributed by atoms with Gasteiger partial charge in [-0.1, -0.05) is 43.7 Å². The number of piperazine rings is 1. The van der Waals surface area contributed by atoms with Crippen LogP contribution in [0.1, 0.15) is 74.9 Å². The average Bonchev–Trinajstić information content (AvgIpc) is 3.68. The number of hydrogen-bond acceptors (Lipinski definition) is 7. The summed E-state index contributed by atoms with van der Waals surface area (Å²) in [5.41, 5.74) is -3.05. The average molecular weight is 729 g/mol. The summed E-state index contributed by atoms with van der Waals surface area (Å²) >= 11 is 6.36. The monoisotopic (exact) mass is 728 g/mol. The van der Waals surface area contributed by atoms with Crippen LogP contribution in [0, 0.1) is 33.5 Å². The Labute approximate surface area is 302 Å². The van der Waals surface area contributed by atoms with E-state index in [1.54, 1.807) is 0 Å². The van der Waals surface area contributed by atoms with E-state index in [0.29, 0.717) is 37.9 Å². The fourth-order valence-corrected chi connectivity index (χ4v) is 12.1. The van der Waals surface area contributed by atoms with Crippen LogP contribution < -0.4 is 0 Å². The molecule has 1 saturated heterocycles. The number of halogens is 4. The molecule has 7 nitrogen and oxygen atoms in total. The van der Waals surface area contributed by atoms with Gasteiger partial charge in [0.25, 0.3) is 0 Å². The number of aliphatic hydroxyl groups excluding tert-OH is 2. The van der Waals surface area contributed by atoms with E-state index >= 15 is 0 Å². The zero-order chi connectivity index (χ0) is 36.2. The lowest BCUT2D eigenvalue weighted by molar-refractivity contribution is -0.177. The summed E-state index contributed by atoms with van der Waals surface area (Å²) in [6.45, 7) is 9.21. The standard InChI is InChI=1S/C40H48ClF3N2O5/c1-35-10-7-26(48)22-37(35)13-14-39(28(23-37)34(49)31-6-5-30(51-31)27-21-25(40(42,43)44)3-4-29(27)41)32(35)8-11-36(2)33(39)9-12-38(36,50)24-46-17-15-45(16-18-46)19-20-47/h3-6,13-14,21,23,26,32-33,47-48,50H,7-12,15-20,22,24H2,1-2H3. The van der Waals surface area contributed by atoms with Gasteiger partial charge in [-0.3, -0.25) is 14.6 Å². The number of aliphatic hydroxyl groups is 3. The molecule has 51 heavy (non-hydrogen) atoms. The first-order valence-corrected chi connectivity index (χ1v) is 18.9. The second-order valence-electron chi connectivity index (χ2n) is 16.8. The van der Waals surface area contributed by atoms with Crippen molar-refractivity contribution in [3.8, 4) is 11.3 Å². The maximum absolute atomic E-state index is 14.9. The molecule has 3 saturated carbocycles. The van der Waals surface area contributed by atoms with Gasteiger partial charge in [-0.25, -0.2) is 0 Å². The van der Waals surface area contributed by atoms with Crippen LogP contribution in [0.2, 0.25) is 5.02 Å². The van der Waals surface area contributed by atoms with Crippen molar-refractivity contribution in [1.82, 2.24) is 9.80 Å². The third-order valence-electron chi connectivity index (χ3n) is 14.7. The molecule has 2 bridgehead atoms. The molecule has 9 rings (SSSR count). The molecule has 1 aromatic heterocycles. The summed E-state index contributed by atoms with van der Waals surface area (Å²) < 4.78 is 46.9. The number of furan rings is 1. The molecule has 8 unspecified atom stereocenters. The fourth-order valence-electron chi connectivity index (χ4n) is 11.9. The van der Waals surface area contributed by atoms with Crippen molar-refractivity contribution in [3.63, 3.8) is 0 Å². The number of fused-ring (bicyclic) bond motifs is 1. The number of hydrogen-bond donors (Lipinski definition) is 3. The van der Waals surface area contributed by atoms with Crippen LogP contribution in [0.3, 0.4) is 0 Å². The fraction of sp³-hybridized carbons (Fsp3) is 0.625. The maximum atomic E-state index is 14.9. The molecule has 2 spiro atoms. The second kappa shape index (κ2) is 12.0. The highest BCUT2D eigenvalue weighted by atomic mass is 35.5. The number of β-amino-alcohol motifs (C(OH)–C–C–N with tert-alkyl or cyclic N) is 2. The summed E-state index contributed by atoms with van der Waals surface area (Å²) in [4.78, 5) is 19.5. The number of rotatable bonds is 7. The second-order valence-corrected chi connectivity index (χ2v) is 17.2. The highest BCUT2D eigenvalue weighted by Gasteiger charge is 2.74. The summed E-state index contributed by atoms with van der Waals surface area (Å²) in [5, 5.41) is 33.2. The van der Waals surface area contributed by atoms with Gasteiger partial charge in [-0.05, 0) is 92.5 Å². The molecule has 11 heteroatoms. The lowest BCUT2D eigenvalue weighted by atomic mass is 9.32. The van der Waals surface area contributed by atoms with Crippen molar-refractivity contribution >= 4 is 17.4 Å². The molecule has 1 aromatic carbocycles. The number of nitrogens with zero attached hydrogens (tertiary/aromatic N) is 2. The van der Waals surface area contributed by atoms with Gasteiger partial charge in [0.2, 0.25) is 5.78 Å². The van der Waals surface area contributed by atoms with Crippen LogP contribution in [0.4, 0.5) is 13.2 Å². The zero-order valence-electron chi connectivity index (χ0n) is 29.3. The van der Waals surface area contributed by atoms with Crippen LogP contribution in [-0.4, -0.2) is 88.5 Å². The highest BCUT2D eigenvalue weighted by Crippen LogP contribution is 2.78. The first-order chi connectivity index (χ1) is 24.1. The zero-order valence-corrected chi connectivity index (χ0v) is 30.1. The van der Waals surface area contributed by atoms with Crippen molar-refractivity contribution in [2.45, 2.75) is 76.7 Å². The quantitative estimate of drug-likeness (QED) is 0.209. The van der Waals surface area contributed by atoms with Crippen molar-refractivity contribution in [2.75, 3.05) is 45.9 Å². The molecule has 1 aliphatic heterocycles. The third-order valence-corrected chi connectivity index (χ3v) is 15.0. The molecule has 8 atom stereocenters. The normalized spacial score (nSPS) is 39.4. The Morgan fingerprint density at radius 2 is 1.65 bits per heavy atom. The smallest absolute Gasteiger partial charge is 0.416 e. The summed E-state index contributed by atoms with van der Waals surface area (Å²) in [6, 6.07) is 6.09. The van der Waals surface area contributed by atoms with Gasteiger partial charge >= 0.3 is 6.18 Å². The van der Waals surface area contributed by atoms with Crippen molar-refractivity contribution < 1.29 is 37.7 Å². The Hall–Kier alpha value is -2.47. The molecule has 2 heterocycles. The van der Waals surface area contributed by atoms with E-state index in [2.05, 4.69) is 41.9 Å². The minimum absolute atomic E-state index is 0.0366. The number of Topliss-reactive ketones (excluding diaryl/α,β-unsaturated/α-hetero) is 1. The molecule has 7 aliphatic rings. The highest BCUT2D eigenvalue weighted by molar-refractivity contribution is 6.33. The summed E-state index contributed by atoms with van der Waals surface area (Å²) in [5.74, 6) is -0.125. The number of alkyl halides is 3. The number of allylic oxidation sites excluding steroid dienone is 4. The first kappa shape index (κ1) is 35.6. The topological polar surface area (TPSA) is 97.4 Å². The van der Waals surface area contributed by atoms with Gasteiger partial charge in [-0.15, -0.1) is 0 Å². The SMILES string of the molecule is CC12CCC(O)CC13C=CC1(C(C(=O)c4ccc(-c5cc(C(F)(F)F)ccc5Cl)o4)=C3)C2CCC2(C)C1CCC2(O)CN1CCN(CCO)CC1.